The third-order valence-electron chi connectivity index (χ3n) is 4.51. The van der Waals surface area contributed by atoms with Crippen LogP contribution in [0.5, 0.6) is 5.75 Å². The van der Waals surface area contributed by atoms with Crippen LogP contribution in [0.4, 0.5) is 5.69 Å². The van der Waals surface area contributed by atoms with E-state index in [9.17, 15) is 4.79 Å². The number of thiophene rings is 1. The molecule has 0 radical (unpaired) electrons. The van der Waals surface area contributed by atoms with Crippen LogP contribution in [-0.2, 0) is 4.79 Å². The Bertz CT molecular complexity index is 828. The van der Waals surface area contributed by atoms with Crippen LogP contribution >= 0.6 is 35.3 Å². The number of rotatable bonds is 9. The molecule has 1 aromatic heterocycles. The second-order valence-electron chi connectivity index (χ2n) is 6.30. The molecule has 1 aliphatic heterocycles. The Balaban J connectivity index is 1.58. The first-order chi connectivity index (χ1) is 13.6. The highest BCUT2D eigenvalue weighted by Gasteiger charge is 2.33. The van der Waals surface area contributed by atoms with Crippen molar-refractivity contribution >= 4 is 57.3 Å². The van der Waals surface area contributed by atoms with E-state index in [-0.39, 0.29) is 5.91 Å². The van der Waals surface area contributed by atoms with Crippen LogP contribution in [0.3, 0.4) is 0 Å². The van der Waals surface area contributed by atoms with Crippen molar-refractivity contribution in [2.24, 2.45) is 0 Å². The van der Waals surface area contributed by atoms with Crippen molar-refractivity contribution in [3.63, 3.8) is 0 Å². The third-order valence-corrected chi connectivity index (χ3v) is 6.52. The third kappa shape index (κ3) is 5.23. The molecule has 1 saturated heterocycles. The van der Waals surface area contributed by atoms with Gasteiger partial charge in [-0.2, -0.15) is 11.3 Å². The zero-order valence-electron chi connectivity index (χ0n) is 16.1. The summed E-state index contributed by atoms with van der Waals surface area (Å²) in [6.07, 6.45) is 2.88. The second-order valence-corrected chi connectivity index (χ2v) is 8.75. The van der Waals surface area contributed by atoms with Gasteiger partial charge < -0.3 is 9.64 Å². The molecule has 2 heterocycles. The summed E-state index contributed by atoms with van der Waals surface area (Å²) in [4.78, 5) is 17.4. The molecule has 3 rings (SSSR count). The Morgan fingerprint density at radius 1 is 1.18 bits per heavy atom. The number of carbonyl (C=O) groups is 1. The summed E-state index contributed by atoms with van der Waals surface area (Å²) in [5.74, 6) is 0.733. The first-order valence-corrected chi connectivity index (χ1v) is 11.5. The number of benzene rings is 1. The molecule has 0 spiro atoms. The summed E-state index contributed by atoms with van der Waals surface area (Å²) >= 11 is 8.38. The lowest BCUT2D eigenvalue weighted by Gasteiger charge is -2.18. The average molecular weight is 433 g/mol. The van der Waals surface area contributed by atoms with Crippen molar-refractivity contribution in [3.8, 4) is 5.75 Å². The summed E-state index contributed by atoms with van der Waals surface area (Å²) < 4.78 is 6.38. The normalized spacial score (nSPS) is 15.8. The maximum Gasteiger partial charge on any atom is 0.270 e. The van der Waals surface area contributed by atoms with Gasteiger partial charge >= 0.3 is 0 Å². The highest BCUT2D eigenvalue weighted by atomic mass is 32.2. The summed E-state index contributed by atoms with van der Waals surface area (Å²) in [6.45, 7) is 8.20. The lowest BCUT2D eigenvalue weighted by atomic mass is 10.2. The SMILES string of the molecule is CCN(CC)CCCOc1ccc(N2C(=O)/C(=C/c3ccsc3)SC2=S)cc1. The van der Waals surface area contributed by atoms with Gasteiger partial charge in [-0.05, 0) is 72.2 Å². The molecule has 0 unspecified atom stereocenters. The van der Waals surface area contributed by atoms with E-state index in [0.717, 1.165) is 43.1 Å². The van der Waals surface area contributed by atoms with E-state index in [1.165, 1.54) is 11.8 Å². The summed E-state index contributed by atoms with van der Waals surface area (Å²) in [6, 6.07) is 9.56. The van der Waals surface area contributed by atoms with E-state index in [0.29, 0.717) is 15.8 Å². The predicted octanol–water partition coefficient (Wildman–Crippen LogP) is 5.26. The molecular formula is C21H24N2O2S3. The molecule has 1 amide bonds. The maximum atomic E-state index is 12.8. The Labute approximate surface area is 180 Å². The topological polar surface area (TPSA) is 32.8 Å². The van der Waals surface area contributed by atoms with Crippen molar-refractivity contribution in [3.05, 3.63) is 51.6 Å². The van der Waals surface area contributed by atoms with Crippen molar-refractivity contribution in [2.45, 2.75) is 20.3 Å². The Hall–Kier alpha value is -1.67. The molecule has 0 bridgehead atoms. The number of hydrogen-bond donors (Lipinski definition) is 0. The standard InChI is InChI=1S/C21H24N2O2S3/c1-3-22(4-2)11-5-12-25-18-8-6-17(7-9-18)23-20(24)19(28-21(23)26)14-16-10-13-27-15-16/h6-10,13-15H,3-5,11-12H2,1-2H3/b19-14-. The molecule has 7 heteroatoms. The van der Waals surface area contributed by atoms with Gasteiger partial charge in [0.2, 0.25) is 0 Å². The van der Waals surface area contributed by atoms with E-state index in [1.54, 1.807) is 16.2 Å². The summed E-state index contributed by atoms with van der Waals surface area (Å²) in [5.41, 5.74) is 1.80. The van der Waals surface area contributed by atoms with Crippen LogP contribution in [-0.4, -0.2) is 41.4 Å². The first kappa shape index (κ1) is 21.0. The minimum Gasteiger partial charge on any atom is -0.494 e. The number of thioether (sulfide) groups is 1. The van der Waals surface area contributed by atoms with Crippen LogP contribution in [0.15, 0.2) is 46.0 Å². The van der Waals surface area contributed by atoms with Crippen molar-refractivity contribution < 1.29 is 9.53 Å². The van der Waals surface area contributed by atoms with Crippen molar-refractivity contribution in [1.29, 1.82) is 0 Å². The summed E-state index contributed by atoms with van der Waals surface area (Å²) in [5, 5.41) is 4.01. The number of thiocarbonyl (C=S) groups is 1. The zero-order chi connectivity index (χ0) is 19.9. The number of amides is 1. The van der Waals surface area contributed by atoms with E-state index in [2.05, 4.69) is 18.7 Å². The molecule has 0 aliphatic carbocycles. The minimum absolute atomic E-state index is 0.0749. The first-order valence-electron chi connectivity index (χ1n) is 9.37. The number of ether oxygens (including phenoxy) is 1. The van der Waals surface area contributed by atoms with Gasteiger partial charge in [0.15, 0.2) is 4.32 Å². The lowest BCUT2D eigenvalue weighted by Crippen LogP contribution is -2.27. The molecule has 1 aromatic carbocycles. The van der Waals surface area contributed by atoms with Crippen LogP contribution in [0.1, 0.15) is 25.8 Å². The molecule has 4 nitrogen and oxygen atoms in total. The van der Waals surface area contributed by atoms with Gasteiger partial charge in [0, 0.05) is 6.54 Å². The van der Waals surface area contributed by atoms with Crippen molar-refractivity contribution in [1.82, 2.24) is 4.90 Å². The number of carbonyl (C=O) groups excluding carboxylic acids is 1. The van der Waals surface area contributed by atoms with Gasteiger partial charge in [-0.1, -0.05) is 37.8 Å². The van der Waals surface area contributed by atoms with E-state index in [4.69, 9.17) is 17.0 Å². The van der Waals surface area contributed by atoms with Crippen LogP contribution in [0.2, 0.25) is 0 Å². The lowest BCUT2D eigenvalue weighted by molar-refractivity contribution is -0.113. The zero-order valence-corrected chi connectivity index (χ0v) is 18.5. The number of hydrogen-bond acceptors (Lipinski definition) is 6. The molecule has 148 valence electrons. The van der Waals surface area contributed by atoms with E-state index in [1.807, 2.05) is 47.2 Å². The largest absolute Gasteiger partial charge is 0.494 e. The van der Waals surface area contributed by atoms with Crippen molar-refractivity contribution in [2.75, 3.05) is 31.1 Å². The Morgan fingerprint density at radius 3 is 2.57 bits per heavy atom. The molecule has 1 aliphatic rings. The smallest absolute Gasteiger partial charge is 0.270 e. The van der Waals surface area contributed by atoms with Gasteiger partial charge in [0.05, 0.1) is 17.2 Å². The Kier molecular flexibility index (Phi) is 7.67. The summed E-state index contributed by atoms with van der Waals surface area (Å²) in [7, 11) is 0. The fourth-order valence-corrected chi connectivity index (χ4v) is 4.83. The fraction of sp³-hybridized carbons (Fsp3) is 0.333. The molecule has 0 saturated carbocycles. The number of nitrogens with zero attached hydrogens (tertiary/aromatic N) is 2. The van der Waals surface area contributed by atoms with Crippen LogP contribution < -0.4 is 9.64 Å². The molecular weight excluding hydrogens is 408 g/mol. The second kappa shape index (κ2) is 10.2. The highest BCUT2D eigenvalue weighted by molar-refractivity contribution is 8.27. The molecule has 28 heavy (non-hydrogen) atoms. The fourth-order valence-electron chi connectivity index (χ4n) is 2.91. The highest BCUT2D eigenvalue weighted by Crippen LogP contribution is 2.36. The Morgan fingerprint density at radius 2 is 1.93 bits per heavy atom. The van der Waals surface area contributed by atoms with E-state index >= 15 is 0 Å². The average Bonchev–Trinajstić information content (AvgIpc) is 3.31. The van der Waals surface area contributed by atoms with Crippen LogP contribution in [0, 0.1) is 0 Å². The van der Waals surface area contributed by atoms with Gasteiger partial charge in [0.1, 0.15) is 5.75 Å². The molecule has 0 atom stereocenters. The monoisotopic (exact) mass is 432 g/mol. The molecule has 2 aromatic rings. The van der Waals surface area contributed by atoms with Gasteiger partial charge in [-0.25, -0.2) is 0 Å². The number of anilines is 1. The molecule has 1 fully saturated rings. The predicted molar refractivity (Wildman–Crippen MR) is 124 cm³/mol. The maximum absolute atomic E-state index is 12.8. The van der Waals surface area contributed by atoms with Crippen LogP contribution in [0.25, 0.3) is 6.08 Å². The van der Waals surface area contributed by atoms with Gasteiger partial charge in [-0.3, -0.25) is 9.69 Å². The quantitative estimate of drug-likeness (QED) is 0.306. The molecule has 0 N–H and O–H groups in total. The van der Waals surface area contributed by atoms with E-state index < -0.39 is 0 Å². The van der Waals surface area contributed by atoms with Gasteiger partial charge in [0.25, 0.3) is 5.91 Å². The minimum atomic E-state index is -0.0749. The van der Waals surface area contributed by atoms with Gasteiger partial charge in [-0.15, -0.1) is 0 Å².